The molecule has 172 valence electrons. The van der Waals surface area contributed by atoms with Crippen LogP contribution in [-0.4, -0.2) is 17.2 Å². The summed E-state index contributed by atoms with van der Waals surface area (Å²) in [6.07, 6.45) is 4.42. The number of fused-ring (bicyclic) bond motifs is 1. The molecule has 1 atom stereocenters. The van der Waals surface area contributed by atoms with E-state index in [1.54, 1.807) is 29.7 Å². The van der Waals surface area contributed by atoms with Gasteiger partial charge in [-0.1, -0.05) is 66.5 Å². The number of halogens is 2. The number of amides is 1. The summed E-state index contributed by atoms with van der Waals surface area (Å²) in [6, 6.07) is 12.8. The highest BCUT2D eigenvalue weighted by atomic mass is 79.9. The van der Waals surface area contributed by atoms with Crippen molar-refractivity contribution in [2.75, 3.05) is 5.32 Å². The lowest BCUT2D eigenvalue weighted by Gasteiger charge is -2.33. The molecule has 3 aromatic rings. The maximum absolute atomic E-state index is 13.4. The Morgan fingerprint density at radius 2 is 2.00 bits per heavy atom. The maximum Gasteiger partial charge on any atom is 0.259 e. The predicted molar refractivity (Wildman–Crippen MR) is 142 cm³/mol. The number of nitrogens with zero attached hydrogens (tertiary/aromatic N) is 1. The number of para-hydroxylation sites is 1. The van der Waals surface area contributed by atoms with E-state index >= 15 is 0 Å². The molecule has 4 nitrogen and oxygen atoms in total. The topological polar surface area (TPSA) is 61.7 Å². The zero-order chi connectivity index (χ0) is 23.8. The van der Waals surface area contributed by atoms with Crippen molar-refractivity contribution in [2.24, 2.45) is 16.3 Å². The molecule has 1 heterocycles. The van der Waals surface area contributed by atoms with Crippen LogP contribution in [0.1, 0.15) is 53.6 Å². The molecule has 1 amide bonds. The summed E-state index contributed by atoms with van der Waals surface area (Å²) in [4.78, 5) is 19.3. The molecule has 1 aliphatic carbocycles. The number of aromatic hydroxyl groups is 1. The highest BCUT2D eigenvalue weighted by molar-refractivity contribution is 9.10. The van der Waals surface area contributed by atoms with E-state index in [1.165, 1.54) is 4.88 Å². The highest BCUT2D eigenvalue weighted by Crippen LogP contribution is 2.45. The van der Waals surface area contributed by atoms with Crippen LogP contribution in [-0.2, 0) is 12.8 Å². The summed E-state index contributed by atoms with van der Waals surface area (Å²) in [7, 11) is 0. The minimum Gasteiger partial charge on any atom is -0.506 e. The van der Waals surface area contributed by atoms with Gasteiger partial charge in [-0.25, -0.2) is 4.99 Å². The SMILES string of the molecule is CC(C)(C)[C@@H]1CCc2c(sc(N=Cc3cc(Br)cc(Cl)c3O)c2C(=O)Nc2ccccc2)C1. The molecule has 4 rings (SSSR count). The summed E-state index contributed by atoms with van der Waals surface area (Å²) < 4.78 is 0.743. The van der Waals surface area contributed by atoms with Gasteiger partial charge in [-0.15, -0.1) is 11.3 Å². The molecule has 0 bridgehead atoms. The molecule has 7 heteroatoms. The summed E-state index contributed by atoms with van der Waals surface area (Å²) >= 11 is 11.1. The van der Waals surface area contributed by atoms with Crippen molar-refractivity contribution < 1.29 is 9.90 Å². The lowest BCUT2D eigenvalue weighted by molar-refractivity contribution is 0.102. The molecule has 33 heavy (non-hydrogen) atoms. The van der Waals surface area contributed by atoms with Crippen LogP contribution in [0.5, 0.6) is 5.75 Å². The van der Waals surface area contributed by atoms with Gasteiger partial charge in [0.2, 0.25) is 0 Å². The van der Waals surface area contributed by atoms with Gasteiger partial charge in [0.25, 0.3) is 5.91 Å². The van der Waals surface area contributed by atoms with Crippen LogP contribution < -0.4 is 5.32 Å². The Bertz CT molecular complexity index is 1220. The van der Waals surface area contributed by atoms with Gasteiger partial charge in [-0.3, -0.25) is 4.79 Å². The minimum atomic E-state index is -0.156. The van der Waals surface area contributed by atoms with Crippen molar-refractivity contribution in [3.8, 4) is 5.75 Å². The number of phenols is 1. The second-order valence-corrected chi connectivity index (χ2v) is 11.8. The largest absolute Gasteiger partial charge is 0.506 e. The van der Waals surface area contributed by atoms with Gasteiger partial charge in [0, 0.05) is 26.8 Å². The van der Waals surface area contributed by atoms with Gasteiger partial charge in [0.05, 0.1) is 10.6 Å². The minimum absolute atomic E-state index is 0.0342. The molecular formula is C26H26BrClN2O2S. The third-order valence-electron chi connectivity index (χ3n) is 6.11. The van der Waals surface area contributed by atoms with E-state index < -0.39 is 0 Å². The third-order valence-corrected chi connectivity index (χ3v) is 8.02. The van der Waals surface area contributed by atoms with Crippen LogP contribution in [0.25, 0.3) is 0 Å². The molecule has 2 aromatic carbocycles. The van der Waals surface area contributed by atoms with E-state index in [4.69, 9.17) is 11.6 Å². The molecule has 0 unspecified atom stereocenters. The second-order valence-electron chi connectivity index (χ2n) is 9.39. The number of carbonyl (C=O) groups excluding carboxylic acids is 1. The summed E-state index contributed by atoms with van der Waals surface area (Å²) in [5.74, 6) is 0.364. The van der Waals surface area contributed by atoms with Gasteiger partial charge < -0.3 is 10.4 Å². The lowest BCUT2D eigenvalue weighted by Crippen LogP contribution is -2.27. The first-order chi connectivity index (χ1) is 15.6. The normalized spacial score (nSPS) is 16.1. The van der Waals surface area contributed by atoms with E-state index in [-0.39, 0.29) is 22.1 Å². The molecule has 0 aliphatic heterocycles. The van der Waals surface area contributed by atoms with Crippen LogP contribution >= 0.6 is 38.9 Å². The quantitative estimate of drug-likeness (QED) is 0.326. The number of aliphatic imine (C=N–C) groups is 1. The number of rotatable bonds is 4. The van der Waals surface area contributed by atoms with Crippen LogP contribution in [0.4, 0.5) is 10.7 Å². The summed E-state index contributed by atoms with van der Waals surface area (Å²) in [5, 5.41) is 14.3. The van der Waals surface area contributed by atoms with Crippen LogP contribution in [0.15, 0.2) is 51.9 Å². The first-order valence-electron chi connectivity index (χ1n) is 10.9. The van der Waals surface area contributed by atoms with Crippen LogP contribution in [0, 0.1) is 11.3 Å². The van der Waals surface area contributed by atoms with E-state index in [0.29, 0.717) is 22.0 Å². The number of hydrogen-bond donors (Lipinski definition) is 2. The van der Waals surface area contributed by atoms with Crippen LogP contribution in [0.2, 0.25) is 5.02 Å². The first-order valence-corrected chi connectivity index (χ1v) is 12.8. The molecule has 1 aliphatic rings. The summed E-state index contributed by atoms with van der Waals surface area (Å²) in [5.41, 5.74) is 3.16. The van der Waals surface area contributed by atoms with Gasteiger partial charge in [0.1, 0.15) is 10.8 Å². The fourth-order valence-electron chi connectivity index (χ4n) is 4.16. The van der Waals surface area contributed by atoms with Crippen molar-refractivity contribution in [1.29, 1.82) is 0 Å². The number of hydrogen-bond acceptors (Lipinski definition) is 4. The van der Waals surface area contributed by atoms with Gasteiger partial charge in [-0.05, 0) is 60.4 Å². The maximum atomic E-state index is 13.4. The molecule has 2 N–H and O–H groups in total. The number of phenolic OH excluding ortho intramolecular Hbond substituents is 1. The van der Waals surface area contributed by atoms with Crippen molar-refractivity contribution in [3.63, 3.8) is 0 Å². The molecule has 0 saturated heterocycles. The number of thiophene rings is 1. The number of benzene rings is 2. The fourth-order valence-corrected chi connectivity index (χ4v) is 6.27. The predicted octanol–water partition coefficient (Wildman–Crippen LogP) is 8.02. The average Bonchev–Trinajstić information content (AvgIpc) is 3.13. The monoisotopic (exact) mass is 544 g/mol. The Hall–Kier alpha value is -2.15. The van der Waals surface area contributed by atoms with E-state index in [1.807, 2.05) is 30.3 Å². The zero-order valence-electron chi connectivity index (χ0n) is 18.8. The van der Waals surface area contributed by atoms with Gasteiger partial charge in [-0.2, -0.15) is 0 Å². The molecule has 1 aromatic heterocycles. The van der Waals surface area contributed by atoms with Crippen molar-refractivity contribution in [3.05, 3.63) is 73.5 Å². The fraction of sp³-hybridized carbons (Fsp3) is 0.308. The number of carbonyl (C=O) groups is 1. The Morgan fingerprint density at radius 1 is 1.27 bits per heavy atom. The van der Waals surface area contributed by atoms with Crippen molar-refractivity contribution in [1.82, 2.24) is 0 Å². The van der Waals surface area contributed by atoms with E-state index in [2.05, 4.69) is 47.0 Å². The van der Waals surface area contributed by atoms with E-state index in [9.17, 15) is 9.90 Å². The smallest absolute Gasteiger partial charge is 0.259 e. The molecule has 0 saturated carbocycles. The molecule has 0 fully saturated rings. The molecular weight excluding hydrogens is 520 g/mol. The van der Waals surface area contributed by atoms with Gasteiger partial charge >= 0.3 is 0 Å². The first kappa shape index (κ1) is 24.0. The summed E-state index contributed by atoms with van der Waals surface area (Å²) in [6.45, 7) is 6.83. The molecule has 0 spiro atoms. The van der Waals surface area contributed by atoms with Gasteiger partial charge in [0.15, 0.2) is 0 Å². The van der Waals surface area contributed by atoms with E-state index in [0.717, 1.165) is 35.0 Å². The third kappa shape index (κ3) is 5.34. The Labute approximate surface area is 211 Å². The second kappa shape index (κ2) is 9.61. The lowest BCUT2D eigenvalue weighted by atomic mass is 9.72. The Kier molecular flexibility index (Phi) is 6.99. The van der Waals surface area contributed by atoms with Crippen molar-refractivity contribution >= 4 is 61.7 Å². The average molecular weight is 546 g/mol. The Balaban J connectivity index is 1.74. The zero-order valence-corrected chi connectivity index (χ0v) is 21.9. The van der Waals surface area contributed by atoms with Crippen molar-refractivity contribution in [2.45, 2.75) is 40.0 Å². The van der Waals surface area contributed by atoms with Crippen LogP contribution in [0.3, 0.4) is 0 Å². The number of anilines is 1. The highest BCUT2D eigenvalue weighted by Gasteiger charge is 2.33. The Morgan fingerprint density at radius 3 is 2.70 bits per heavy atom. The molecule has 0 radical (unpaired) electrons. The number of nitrogens with one attached hydrogen (secondary N) is 1. The standard InChI is InChI=1S/C26H26BrClN2O2S/c1-26(2,3)16-9-10-19-21(12-16)33-25(22(19)24(32)30-18-7-5-4-6-8-18)29-14-15-11-17(27)13-20(28)23(15)31/h4-8,11,13-14,16,31H,9-10,12H2,1-3H3,(H,30,32)/t16-/m1/s1.